The van der Waals surface area contributed by atoms with Crippen molar-refractivity contribution < 1.29 is 59.3 Å². The Morgan fingerprint density at radius 2 is 0.988 bits per heavy atom. The van der Waals surface area contributed by atoms with Gasteiger partial charge in [0.15, 0.2) is 6.79 Å². The molecule has 4 N–H and O–H groups in total. The maximum atomic E-state index is 13.0. The van der Waals surface area contributed by atoms with Crippen LogP contribution in [0.3, 0.4) is 0 Å². The van der Waals surface area contributed by atoms with Crippen LogP contribution in [-0.4, -0.2) is 140 Å². The van der Waals surface area contributed by atoms with Crippen LogP contribution in [0.15, 0.2) is 46.2 Å². The number of aromatic hydroxyl groups is 2. The van der Waals surface area contributed by atoms with Crippen molar-refractivity contribution in [2.45, 2.75) is 174 Å². The van der Waals surface area contributed by atoms with Crippen LogP contribution in [-0.2, 0) is 71.5 Å². The Balaban J connectivity index is 0.000000264. The Morgan fingerprint density at radius 3 is 1.29 bits per heavy atom. The number of rotatable bonds is 14. The Labute approximate surface area is 487 Å². The zero-order valence-corrected chi connectivity index (χ0v) is 54.4. The van der Waals surface area contributed by atoms with Crippen LogP contribution >= 0.6 is 11.9 Å². The number of phenols is 2. The molecule has 16 nitrogen and oxygen atoms in total. The lowest BCUT2D eigenvalue weighted by atomic mass is 9.77. The highest BCUT2D eigenvalue weighted by Gasteiger charge is 2.44. The second-order valence-electron chi connectivity index (χ2n) is 26.7. The molecule has 3 heterocycles. The average Bonchev–Trinajstić information content (AvgIpc) is 3.89. The first-order valence-corrected chi connectivity index (χ1v) is 32.1. The van der Waals surface area contributed by atoms with E-state index in [9.17, 15) is 45.7 Å². The van der Waals surface area contributed by atoms with Crippen molar-refractivity contribution in [1.29, 1.82) is 1.34 Å². The van der Waals surface area contributed by atoms with Gasteiger partial charge in [0.05, 0.1) is 23.0 Å². The van der Waals surface area contributed by atoms with Crippen LogP contribution in [0.5, 0.6) is 17.2 Å². The van der Waals surface area contributed by atoms with E-state index in [1.54, 1.807) is 80.2 Å². The van der Waals surface area contributed by atoms with Crippen LogP contribution in [0.4, 0.5) is 0 Å². The van der Waals surface area contributed by atoms with Gasteiger partial charge in [0.2, 0.25) is 37.2 Å². The Morgan fingerprint density at radius 1 is 0.613 bits per heavy atom. The quantitative estimate of drug-likeness (QED) is 0.0671. The third-order valence-electron chi connectivity index (χ3n) is 15.0. The Kier molecular flexibility index (Phi) is 21.4. The van der Waals surface area contributed by atoms with E-state index in [0.29, 0.717) is 71.1 Å². The second kappa shape index (κ2) is 25.4. The van der Waals surface area contributed by atoms with Gasteiger partial charge in [-0.1, -0.05) is 123 Å². The average molecular weight is 1190 g/mol. The molecule has 6 rings (SSSR count). The van der Waals surface area contributed by atoms with Crippen molar-refractivity contribution >= 4 is 61.2 Å². The molecule has 449 valence electrons. The fourth-order valence-corrected chi connectivity index (χ4v) is 14.6. The molecule has 3 aliphatic rings. The lowest BCUT2D eigenvalue weighted by Gasteiger charge is -2.32. The third-order valence-corrected chi connectivity index (χ3v) is 21.6. The summed E-state index contributed by atoms with van der Waals surface area (Å²) in [5.41, 5.74) is 4.46. The van der Waals surface area contributed by atoms with Crippen molar-refractivity contribution in [1.82, 2.24) is 12.9 Å². The minimum Gasteiger partial charge on any atom is -0.507 e. The van der Waals surface area contributed by atoms with E-state index in [1.165, 1.54) is 12.9 Å². The normalized spacial score (nSPS) is 20.7. The SMILES string of the molecule is CN1CC/C(=C\c2cc(C(C)(C)C)c(O)c(C(C)(C)C)c2)S1(=O)=O.CN1CC/C(=C\c2cc(C(C)(C)CO)c(O)c(C(C)(C)CO)c2)S1(=O)=O.[3H][B]SO[C@H](c1cc(C(C)(C)C)c(OCOC)c(C(C)(C)C)c1)[C@H]1CCN(C)S1(=O)=O. The molecule has 2 atom stereocenters. The molecule has 0 saturated carbocycles. The number of ether oxygens (including phenoxy) is 2. The predicted octanol–water partition coefficient (Wildman–Crippen LogP) is 9.75. The van der Waals surface area contributed by atoms with Crippen molar-refractivity contribution in [3.8, 4) is 17.2 Å². The summed E-state index contributed by atoms with van der Waals surface area (Å²) in [7, 11) is -2.87. The van der Waals surface area contributed by atoms with E-state index in [1.807, 2.05) is 65.8 Å². The van der Waals surface area contributed by atoms with Gasteiger partial charge in [0.1, 0.15) is 28.6 Å². The molecule has 0 aromatic heterocycles. The summed E-state index contributed by atoms with van der Waals surface area (Å²) in [6.45, 7) is 33.2. The van der Waals surface area contributed by atoms with Gasteiger partial charge in [-0.05, 0) is 107 Å². The highest BCUT2D eigenvalue weighted by molar-refractivity contribution is 8.15. The number of hydrogen-bond donors (Lipinski definition) is 4. The summed E-state index contributed by atoms with van der Waals surface area (Å²) in [6.07, 6.45) is 4.08. The number of sulfonamides is 3. The number of benzene rings is 3. The van der Waals surface area contributed by atoms with Crippen molar-refractivity contribution in [3.63, 3.8) is 0 Å². The first-order chi connectivity index (χ1) is 36.9. The molecule has 3 aliphatic heterocycles. The Hall–Kier alpha value is -3.48. The van der Waals surface area contributed by atoms with Gasteiger partial charge in [0.25, 0.3) is 0 Å². The van der Waals surface area contributed by atoms with E-state index >= 15 is 0 Å². The molecule has 0 bridgehead atoms. The van der Waals surface area contributed by atoms with E-state index in [-0.39, 0.29) is 47.4 Å². The molecule has 3 saturated heterocycles. The molecule has 3 fully saturated rings. The molecule has 1 radical (unpaired) electrons. The van der Waals surface area contributed by atoms with Crippen molar-refractivity contribution in [2.75, 3.05) is 67.9 Å². The zero-order chi connectivity index (χ0) is 62.0. The van der Waals surface area contributed by atoms with Gasteiger partial charge in [-0.15, -0.1) is 0 Å². The number of hydrogen-bond acceptors (Lipinski definition) is 14. The summed E-state index contributed by atoms with van der Waals surface area (Å²) >= 11 is 0.852. The minimum absolute atomic E-state index is 0.0247. The number of aliphatic hydroxyl groups excluding tert-OH is 2. The molecule has 0 unspecified atom stereocenters. The summed E-state index contributed by atoms with van der Waals surface area (Å²) in [5.74, 6) is 1.09. The van der Waals surface area contributed by atoms with Crippen LogP contribution in [0.1, 0.15) is 186 Å². The number of aliphatic hydroxyl groups is 2. The molecule has 0 spiro atoms. The van der Waals surface area contributed by atoms with Crippen molar-refractivity contribution in [3.05, 3.63) is 96.3 Å². The van der Waals surface area contributed by atoms with Gasteiger partial charge in [0, 0.05) is 92.1 Å². The second-order valence-corrected chi connectivity index (χ2v) is 33.5. The monoisotopic (exact) mass is 1190 g/mol. The van der Waals surface area contributed by atoms with E-state index in [4.69, 9.17) is 15.0 Å². The molecular formula is C59H93BN3O13S4. The molecule has 80 heavy (non-hydrogen) atoms. The standard InChI is InChI=1S/C21H35BNO5S2.C19H29NO5S.C19H29NO3S/c1-20(2,3)15-11-14(12-16(21(4,5)6)19(15)27-13-26-8)18(28-29-22)17-9-10-23(7)30(17,24)25;1-18(2,11-21)15-9-13(8-14-6-7-20(5)26(14,24)25)10-16(17(15)23)19(3,4)12-22;1-18(2,3)15-11-13(12-16(17(15)21)19(4,5)6)10-14-8-9-20(7)24(14,22)23/h11-12,17-18,22H,9-10,13H2,1-8H3;8-10,21-23H,6-7,11-12H2,1-5H3;10-12,21H,8-9H2,1-7H3/b;14-8+;14-10+/t17-,18-;;/m1../s1/i22T;;. The first kappa shape index (κ1) is 67.3. The van der Waals surface area contributed by atoms with E-state index < -0.39 is 52.3 Å². The smallest absolute Gasteiger partial charge is 0.239 e. The summed E-state index contributed by atoms with van der Waals surface area (Å²) < 4.78 is 104. The summed E-state index contributed by atoms with van der Waals surface area (Å²) in [4.78, 5) is 0.765. The maximum absolute atomic E-state index is 13.0. The molecule has 3 aromatic carbocycles. The van der Waals surface area contributed by atoms with Gasteiger partial charge in [-0.25, -0.2) is 38.2 Å². The number of methoxy groups -OCH3 is 1. The molecule has 0 amide bonds. The van der Waals surface area contributed by atoms with Crippen LogP contribution in [0.25, 0.3) is 12.2 Å². The Bertz CT molecular complexity index is 3030. The maximum Gasteiger partial charge on any atom is 0.239 e. The number of nitrogens with zero attached hydrogens (tertiary/aromatic N) is 3. The largest absolute Gasteiger partial charge is 0.507 e. The predicted molar refractivity (Wildman–Crippen MR) is 327 cm³/mol. The summed E-state index contributed by atoms with van der Waals surface area (Å²) in [5, 5.41) is 40.3. The minimum atomic E-state index is -3.50. The van der Waals surface area contributed by atoms with Gasteiger partial charge >= 0.3 is 0 Å². The molecular weight excluding hydrogens is 1100 g/mol. The van der Waals surface area contributed by atoms with Crippen molar-refractivity contribution in [2.24, 2.45) is 0 Å². The fourth-order valence-electron chi connectivity index (χ4n) is 9.64. The highest BCUT2D eigenvalue weighted by Crippen LogP contribution is 2.46. The van der Waals surface area contributed by atoms with Gasteiger partial charge in [-0.3, -0.25) is 0 Å². The summed E-state index contributed by atoms with van der Waals surface area (Å²) in [6, 6.07) is 11.2. The molecule has 0 aliphatic carbocycles. The molecule has 3 aromatic rings. The lowest BCUT2D eigenvalue weighted by Crippen LogP contribution is -2.31. The van der Waals surface area contributed by atoms with Crippen LogP contribution in [0.2, 0.25) is 0 Å². The zero-order valence-electron chi connectivity index (χ0n) is 52.2. The van der Waals surface area contributed by atoms with Gasteiger partial charge in [-0.2, -0.15) is 0 Å². The van der Waals surface area contributed by atoms with Gasteiger partial charge < -0.3 is 34.1 Å². The lowest BCUT2D eigenvalue weighted by molar-refractivity contribution is 0.0484. The van der Waals surface area contributed by atoms with E-state index in [0.717, 1.165) is 58.1 Å². The molecule has 21 heteroatoms. The first-order valence-electron chi connectivity index (χ1n) is 27.5. The third kappa shape index (κ3) is 15.6. The number of phenolic OH excluding ortho intramolecular Hbond substituents is 2. The van der Waals surface area contributed by atoms with E-state index in [2.05, 4.69) is 41.5 Å². The topological polar surface area (TPSA) is 221 Å². The highest BCUT2D eigenvalue weighted by atomic mass is 32.2. The fraction of sp³-hybridized carbons (Fsp3) is 0.627. The van der Waals surface area contributed by atoms with Crippen LogP contribution in [0, 0.1) is 0 Å². The van der Waals surface area contributed by atoms with Crippen LogP contribution < -0.4 is 4.74 Å².